The van der Waals surface area contributed by atoms with E-state index in [4.69, 9.17) is 23.2 Å². The van der Waals surface area contributed by atoms with Crippen LogP contribution in [0.4, 0.5) is 9.93 Å². The fourth-order valence-corrected chi connectivity index (χ4v) is 2.26. The van der Waals surface area contributed by atoms with E-state index in [0.29, 0.717) is 20.9 Å². The number of benzene rings is 1. The molecular formula is C11H8Cl2N2O2S. The zero-order valence-corrected chi connectivity index (χ0v) is 11.6. The van der Waals surface area contributed by atoms with Gasteiger partial charge in [-0.3, -0.25) is 5.32 Å². The maximum atomic E-state index is 11.0. The topological polar surface area (TPSA) is 51.2 Å². The summed E-state index contributed by atoms with van der Waals surface area (Å²) in [5.41, 5.74) is 1.54. The number of nitrogens with zero attached hydrogens (tertiary/aromatic N) is 1. The highest BCUT2D eigenvalue weighted by Crippen LogP contribution is 2.30. The van der Waals surface area contributed by atoms with Gasteiger partial charge in [-0.2, -0.15) is 0 Å². The van der Waals surface area contributed by atoms with Crippen LogP contribution >= 0.6 is 34.5 Å². The van der Waals surface area contributed by atoms with Crippen LogP contribution in [-0.2, 0) is 4.74 Å². The van der Waals surface area contributed by atoms with E-state index < -0.39 is 6.09 Å². The molecule has 1 aromatic carbocycles. The first-order valence-corrected chi connectivity index (χ1v) is 6.49. The molecule has 0 unspecified atom stereocenters. The minimum Gasteiger partial charge on any atom is -0.453 e. The normalized spacial score (nSPS) is 10.2. The highest BCUT2D eigenvalue weighted by molar-refractivity contribution is 7.14. The summed E-state index contributed by atoms with van der Waals surface area (Å²) in [7, 11) is 1.29. The van der Waals surface area contributed by atoms with E-state index >= 15 is 0 Å². The summed E-state index contributed by atoms with van der Waals surface area (Å²) in [5, 5.41) is 5.72. The highest BCUT2D eigenvalue weighted by atomic mass is 35.5. The summed E-state index contributed by atoms with van der Waals surface area (Å²) in [6.07, 6.45) is -0.551. The Kier molecular flexibility index (Phi) is 4.06. The van der Waals surface area contributed by atoms with Gasteiger partial charge >= 0.3 is 6.09 Å². The van der Waals surface area contributed by atoms with E-state index in [9.17, 15) is 4.79 Å². The summed E-state index contributed by atoms with van der Waals surface area (Å²) in [6.45, 7) is 0. The van der Waals surface area contributed by atoms with E-state index in [0.717, 1.165) is 5.56 Å². The maximum Gasteiger partial charge on any atom is 0.413 e. The molecule has 94 valence electrons. The van der Waals surface area contributed by atoms with Crippen molar-refractivity contribution in [1.82, 2.24) is 4.98 Å². The van der Waals surface area contributed by atoms with Crippen LogP contribution in [0.1, 0.15) is 0 Å². The average Bonchev–Trinajstić information content (AvgIpc) is 2.81. The van der Waals surface area contributed by atoms with E-state index in [-0.39, 0.29) is 0 Å². The smallest absolute Gasteiger partial charge is 0.413 e. The molecule has 0 saturated heterocycles. The average molecular weight is 303 g/mol. The largest absolute Gasteiger partial charge is 0.453 e. The molecule has 2 rings (SSSR count). The van der Waals surface area contributed by atoms with Crippen LogP contribution in [0, 0.1) is 0 Å². The van der Waals surface area contributed by atoms with Crippen LogP contribution < -0.4 is 5.32 Å². The van der Waals surface area contributed by atoms with Crippen molar-refractivity contribution >= 4 is 45.8 Å². The molecule has 0 bridgehead atoms. The Labute approximate surface area is 118 Å². The SMILES string of the molecule is COC(=O)Nc1nc(-c2ccc(Cl)c(Cl)c2)cs1. The molecule has 2 aromatic rings. The van der Waals surface area contributed by atoms with Crippen LogP contribution in [0.3, 0.4) is 0 Å². The fraction of sp³-hybridized carbons (Fsp3) is 0.0909. The van der Waals surface area contributed by atoms with Crippen LogP contribution in [0.15, 0.2) is 23.6 Å². The van der Waals surface area contributed by atoms with Gasteiger partial charge in [0.25, 0.3) is 0 Å². The molecule has 4 nitrogen and oxygen atoms in total. The van der Waals surface area contributed by atoms with Gasteiger partial charge in [-0.05, 0) is 12.1 Å². The molecule has 0 aliphatic rings. The molecule has 1 N–H and O–H groups in total. The Morgan fingerprint density at radius 3 is 2.83 bits per heavy atom. The molecule has 0 fully saturated rings. The standard InChI is InChI=1S/C11H8Cl2N2O2S/c1-17-11(16)15-10-14-9(5-18-10)6-2-3-7(12)8(13)4-6/h2-5H,1H3,(H,14,15,16). The minimum absolute atomic E-state index is 0.461. The lowest BCUT2D eigenvalue weighted by molar-refractivity contribution is 0.187. The first-order valence-electron chi connectivity index (χ1n) is 4.86. The van der Waals surface area contributed by atoms with Gasteiger partial charge in [-0.15, -0.1) is 11.3 Å². The number of thiazole rings is 1. The van der Waals surface area contributed by atoms with Crippen LogP contribution in [0.5, 0.6) is 0 Å². The van der Waals surface area contributed by atoms with Crippen LogP contribution in [0.25, 0.3) is 11.3 Å². The molecule has 0 radical (unpaired) electrons. The Morgan fingerprint density at radius 1 is 1.39 bits per heavy atom. The quantitative estimate of drug-likeness (QED) is 0.900. The van der Waals surface area contributed by atoms with Gasteiger partial charge in [0.1, 0.15) is 0 Å². The summed E-state index contributed by atoms with van der Waals surface area (Å²) >= 11 is 13.1. The molecule has 1 amide bonds. The predicted molar refractivity (Wildman–Crippen MR) is 73.6 cm³/mol. The summed E-state index contributed by atoms with van der Waals surface area (Å²) in [4.78, 5) is 15.3. The van der Waals surface area contributed by atoms with E-state index in [1.165, 1.54) is 18.4 Å². The number of amides is 1. The lowest BCUT2D eigenvalue weighted by Gasteiger charge is -2.00. The summed E-state index contributed by atoms with van der Waals surface area (Å²) in [6, 6.07) is 5.23. The molecule has 0 atom stereocenters. The lowest BCUT2D eigenvalue weighted by Crippen LogP contribution is -2.10. The second kappa shape index (κ2) is 5.56. The zero-order valence-electron chi connectivity index (χ0n) is 9.24. The maximum absolute atomic E-state index is 11.0. The van der Waals surface area contributed by atoms with Gasteiger partial charge in [-0.1, -0.05) is 29.3 Å². The second-order valence-corrected chi connectivity index (χ2v) is 4.96. The fourth-order valence-electron chi connectivity index (χ4n) is 1.26. The molecule has 7 heteroatoms. The van der Waals surface area contributed by atoms with Gasteiger partial charge in [0.15, 0.2) is 5.13 Å². The molecule has 0 saturated carbocycles. The molecule has 0 spiro atoms. The number of anilines is 1. The number of nitrogens with one attached hydrogen (secondary N) is 1. The highest BCUT2D eigenvalue weighted by Gasteiger charge is 2.08. The number of methoxy groups -OCH3 is 1. The number of hydrogen-bond acceptors (Lipinski definition) is 4. The van der Waals surface area contributed by atoms with Gasteiger partial charge in [-0.25, -0.2) is 9.78 Å². The van der Waals surface area contributed by atoms with Gasteiger partial charge in [0, 0.05) is 10.9 Å². The van der Waals surface area contributed by atoms with Crippen LogP contribution in [-0.4, -0.2) is 18.2 Å². The van der Waals surface area contributed by atoms with Gasteiger partial charge in [0.2, 0.25) is 0 Å². The van der Waals surface area contributed by atoms with Crippen LogP contribution in [0.2, 0.25) is 10.0 Å². The number of aromatic nitrogens is 1. The number of hydrogen-bond donors (Lipinski definition) is 1. The van der Waals surface area contributed by atoms with Crippen molar-refractivity contribution in [1.29, 1.82) is 0 Å². The van der Waals surface area contributed by atoms with Gasteiger partial charge in [0.05, 0.1) is 22.8 Å². The summed E-state index contributed by atoms with van der Waals surface area (Å²) < 4.78 is 4.48. The van der Waals surface area contributed by atoms with Crippen molar-refractivity contribution in [3.05, 3.63) is 33.6 Å². The van der Waals surface area contributed by atoms with E-state index in [2.05, 4.69) is 15.0 Å². The van der Waals surface area contributed by atoms with Crippen molar-refractivity contribution in [2.24, 2.45) is 0 Å². The molecule has 18 heavy (non-hydrogen) atoms. The second-order valence-electron chi connectivity index (χ2n) is 3.28. The predicted octanol–water partition coefficient (Wildman–Crippen LogP) is 4.30. The van der Waals surface area contributed by atoms with Crippen molar-refractivity contribution in [3.8, 4) is 11.3 Å². The molecule has 0 aliphatic carbocycles. The lowest BCUT2D eigenvalue weighted by atomic mass is 10.2. The minimum atomic E-state index is -0.551. The Hall–Kier alpha value is -1.30. The summed E-state index contributed by atoms with van der Waals surface area (Å²) in [5.74, 6) is 0. The third kappa shape index (κ3) is 2.93. The number of carbonyl (C=O) groups is 1. The Morgan fingerprint density at radius 2 is 2.17 bits per heavy atom. The van der Waals surface area contributed by atoms with Crippen molar-refractivity contribution in [2.75, 3.05) is 12.4 Å². The molecular weight excluding hydrogens is 295 g/mol. The Bertz CT molecular complexity index is 586. The third-order valence-electron chi connectivity index (χ3n) is 2.11. The monoisotopic (exact) mass is 302 g/mol. The number of ether oxygens (including phenoxy) is 1. The molecule has 1 aromatic heterocycles. The Balaban J connectivity index is 2.23. The first kappa shape index (κ1) is 13.1. The van der Waals surface area contributed by atoms with Crippen molar-refractivity contribution in [2.45, 2.75) is 0 Å². The first-order chi connectivity index (χ1) is 8.60. The van der Waals surface area contributed by atoms with E-state index in [1.807, 2.05) is 11.4 Å². The third-order valence-corrected chi connectivity index (χ3v) is 3.61. The number of rotatable bonds is 2. The van der Waals surface area contributed by atoms with Gasteiger partial charge < -0.3 is 4.74 Å². The number of carbonyl (C=O) groups excluding carboxylic acids is 1. The van der Waals surface area contributed by atoms with Crippen molar-refractivity contribution in [3.63, 3.8) is 0 Å². The molecule has 1 heterocycles. The van der Waals surface area contributed by atoms with E-state index in [1.54, 1.807) is 12.1 Å². The van der Waals surface area contributed by atoms with Crippen molar-refractivity contribution < 1.29 is 9.53 Å². The zero-order chi connectivity index (χ0) is 13.1. The molecule has 0 aliphatic heterocycles. The number of halogens is 2.